The summed E-state index contributed by atoms with van der Waals surface area (Å²) < 4.78 is 0. The van der Waals surface area contributed by atoms with Gasteiger partial charge in [-0.05, 0) is 72.0 Å². The summed E-state index contributed by atoms with van der Waals surface area (Å²) in [5, 5.41) is 12.0. The lowest BCUT2D eigenvalue weighted by molar-refractivity contribution is 0.102. The normalized spacial score (nSPS) is 13.9. The molecule has 1 amide bonds. The Bertz CT molecular complexity index is 1430. The maximum Gasteiger partial charge on any atom is 0.255 e. The van der Waals surface area contributed by atoms with Crippen LogP contribution in [0.25, 0.3) is 11.1 Å². The van der Waals surface area contributed by atoms with E-state index in [-0.39, 0.29) is 5.91 Å². The molecular weight excluding hydrogens is 470 g/mol. The van der Waals surface area contributed by atoms with Crippen molar-refractivity contribution in [3.63, 3.8) is 0 Å². The number of hydrogen-bond acceptors (Lipinski definition) is 5. The SMILES string of the molecule is Cc1ccc(C(=O)Nc2ccc(N3CCCN(Cc4ccccc4)CC3)nc2)cc1-c1ccc(C#N)cc1. The Labute approximate surface area is 224 Å². The largest absolute Gasteiger partial charge is 0.355 e. The van der Waals surface area contributed by atoms with Crippen LogP contribution < -0.4 is 10.2 Å². The predicted molar refractivity (Wildman–Crippen MR) is 152 cm³/mol. The van der Waals surface area contributed by atoms with Crippen LogP contribution in [-0.2, 0) is 6.54 Å². The van der Waals surface area contributed by atoms with E-state index >= 15 is 0 Å². The highest BCUT2D eigenvalue weighted by molar-refractivity contribution is 6.05. The molecule has 1 N–H and O–H groups in total. The molecule has 3 aromatic carbocycles. The highest BCUT2D eigenvalue weighted by Crippen LogP contribution is 2.26. The van der Waals surface area contributed by atoms with Gasteiger partial charge in [0, 0.05) is 38.3 Å². The first-order chi connectivity index (χ1) is 18.6. The first-order valence-electron chi connectivity index (χ1n) is 13.0. The van der Waals surface area contributed by atoms with Crippen LogP contribution in [0.4, 0.5) is 11.5 Å². The van der Waals surface area contributed by atoms with E-state index in [4.69, 9.17) is 5.26 Å². The van der Waals surface area contributed by atoms with Crippen molar-refractivity contribution >= 4 is 17.4 Å². The van der Waals surface area contributed by atoms with Gasteiger partial charge in [-0.15, -0.1) is 0 Å². The number of aryl methyl sites for hydroxylation is 1. The first kappa shape index (κ1) is 25.2. The van der Waals surface area contributed by atoms with Crippen LogP contribution in [0.5, 0.6) is 0 Å². The maximum absolute atomic E-state index is 13.0. The molecule has 0 unspecified atom stereocenters. The number of nitriles is 1. The number of hydrogen-bond donors (Lipinski definition) is 1. The van der Waals surface area contributed by atoms with E-state index in [2.05, 4.69) is 56.5 Å². The molecule has 0 saturated carbocycles. The molecule has 1 fully saturated rings. The topological polar surface area (TPSA) is 72.3 Å². The van der Waals surface area contributed by atoms with Gasteiger partial charge in [0.2, 0.25) is 0 Å². The molecule has 1 aliphatic rings. The van der Waals surface area contributed by atoms with Crippen LogP contribution in [0.2, 0.25) is 0 Å². The standard InChI is InChI=1S/C32H31N5O/c1-24-8-11-28(20-30(24)27-12-9-25(21-33)10-13-27)32(38)35-29-14-15-31(34-22-29)37-17-5-16-36(18-19-37)23-26-6-3-2-4-7-26/h2-4,6-15,20,22H,5,16-19,23H2,1H3,(H,35,38). The number of benzene rings is 3. The second-order valence-electron chi connectivity index (χ2n) is 9.68. The van der Waals surface area contributed by atoms with Gasteiger partial charge in [0.15, 0.2) is 0 Å². The van der Waals surface area contributed by atoms with E-state index in [0.29, 0.717) is 16.8 Å². The number of aromatic nitrogens is 1. The minimum Gasteiger partial charge on any atom is -0.355 e. The average molecular weight is 502 g/mol. The Morgan fingerprint density at radius 1 is 0.947 bits per heavy atom. The predicted octanol–water partition coefficient (Wildman–Crippen LogP) is 5.89. The van der Waals surface area contributed by atoms with Crippen molar-refractivity contribution in [3.05, 3.63) is 113 Å². The molecule has 1 aromatic heterocycles. The van der Waals surface area contributed by atoms with E-state index in [0.717, 1.165) is 61.7 Å². The smallest absolute Gasteiger partial charge is 0.255 e. The van der Waals surface area contributed by atoms with Gasteiger partial charge < -0.3 is 10.2 Å². The fourth-order valence-electron chi connectivity index (χ4n) is 4.85. The lowest BCUT2D eigenvalue weighted by Gasteiger charge is -2.23. The summed E-state index contributed by atoms with van der Waals surface area (Å²) in [7, 11) is 0. The third-order valence-electron chi connectivity index (χ3n) is 6.99. The molecule has 6 nitrogen and oxygen atoms in total. The number of carbonyl (C=O) groups excluding carboxylic acids is 1. The fourth-order valence-corrected chi connectivity index (χ4v) is 4.85. The molecule has 5 rings (SSSR count). The minimum absolute atomic E-state index is 0.180. The fraction of sp³-hybridized carbons (Fsp3) is 0.219. The number of carbonyl (C=O) groups is 1. The zero-order chi connectivity index (χ0) is 26.3. The molecule has 0 spiro atoms. The highest BCUT2D eigenvalue weighted by atomic mass is 16.1. The quantitative estimate of drug-likeness (QED) is 0.357. The van der Waals surface area contributed by atoms with Crippen molar-refractivity contribution in [2.45, 2.75) is 19.9 Å². The van der Waals surface area contributed by atoms with Gasteiger partial charge in [0.1, 0.15) is 5.82 Å². The number of pyridine rings is 1. The van der Waals surface area contributed by atoms with Gasteiger partial charge in [-0.2, -0.15) is 5.26 Å². The Hall–Kier alpha value is -4.47. The number of nitrogens with zero attached hydrogens (tertiary/aromatic N) is 4. The molecule has 38 heavy (non-hydrogen) atoms. The van der Waals surface area contributed by atoms with Crippen molar-refractivity contribution < 1.29 is 4.79 Å². The number of rotatable bonds is 6. The molecule has 1 aliphatic heterocycles. The van der Waals surface area contributed by atoms with E-state index in [1.165, 1.54) is 5.56 Å². The molecule has 0 aliphatic carbocycles. The Morgan fingerprint density at radius 2 is 1.76 bits per heavy atom. The van der Waals surface area contributed by atoms with Crippen LogP contribution in [0.1, 0.15) is 33.5 Å². The van der Waals surface area contributed by atoms with Gasteiger partial charge in [0.25, 0.3) is 5.91 Å². The third kappa shape index (κ3) is 6.08. The summed E-state index contributed by atoms with van der Waals surface area (Å²) in [5.41, 5.74) is 6.21. The first-order valence-corrected chi connectivity index (χ1v) is 13.0. The number of amides is 1. The average Bonchev–Trinajstić information content (AvgIpc) is 3.20. The minimum atomic E-state index is -0.180. The van der Waals surface area contributed by atoms with E-state index in [1.807, 2.05) is 49.4 Å². The molecule has 2 heterocycles. The van der Waals surface area contributed by atoms with Gasteiger partial charge in [-0.25, -0.2) is 4.98 Å². The van der Waals surface area contributed by atoms with Crippen LogP contribution in [-0.4, -0.2) is 42.0 Å². The highest BCUT2D eigenvalue weighted by Gasteiger charge is 2.17. The van der Waals surface area contributed by atoms with Gasteiger partial charge in [0.05, 0.1) is 23.5 Å². The molecule has 6 heteroatoms. The Morgan fingerprint density at radius 3 is 2.50 bits per heavy atom. The summed E-state index contributed by atoms with van der Waals surface area (Å²) in [5.74, 6) is 0.753. The van der Waals surface area contributed by atoms with E-state index in [1.54, 1.807) is 18.3 Å². The monoisotopic (exact) mass is 501 g/mol. The summed E-state index contributed by atoms with van der Waals surface area (Å²) in [6.45, 7) is 6.93. The summed E-state index contributed by atoms with van der Waals surface area (Å²) in [6, 6.07) is 29.7. The maximum atomic E-state index is 13.0. The van der Waals surface area contributed by atoms with Crippen LogP contribution >= 0.6 is 0 Å². The lowest BCUT2D eigenvalue weighted by atomic mass is 9.97. The Kier molecular flexibility index (Phi) is 7.77. The zero-order valence-electron chi connectivity index (χ0n) is 21.6. The number of anilines is 2. The number of nitrogens with one attached hydrogen (secondary N) is 1. The molecule has 0 atom stereocenters. The Balaban J connectivity index is 1.21. The van der Waals surface area contributed by atoms with Gasteiger partial charge >= 0.3 is 0 Å². The van der Waals surface area contributed by atoms with Crippen molar-refractivity contribution in [3.8, 4) is 17.2 Å². The lowest BCUT2D eigenvalue weighted by Crippen LogP contribution is -2.30. The molecule has 0 radical (unpaired) electrons. The van der Waals surface area contributed by atoms with E-state index < -0.39 is 0 Å². The third-order valence-corrected chi connectivity index (χ3v) is 6.99. The summed E-state index contributed by atoms with van der Waals surface area (Å²) >= 11 is 0. The van der Waals surface area contributed by atoms with Crippen LogP contribution in [0.3, 0.4) is 0 Å². The summed E-state index contributed by atoms with van der Waals surface area (Å²) in [6.07, 6.45) is 2.82. The molecular formula is C32H31N5O. The molecule has 4 aromatic rings. The second-order valence-corrected chi connectivity index (χ2v) is 9.68. The van der Waals surface area contributed by atoms with Crippen molar-refractivity contribution in [2.75, 3.05) is 36.4 Å². The molecule has 1 saturated heterocycles. The molecule has 190 valence electrons. The van der Waals surface area contributed by atoms with Gasteiger partial charge in [-0.3, -0.25) is 9.69 Å². The summed E-state index contributed by atoms with van der Waals surface area (Å²) in [4.78, 5) is 22.5. The van der Waals surface area contributed by atoms with Crippen molar-refractivity contribution in [2.24, 2.45) is 0 Å². The van der Waals surface area contributed by atoms with E-state index in [9.17, 15) is 4.79 Å². The van der Waals surface area contributed by atoms with Crippen LogP contribution in [0, 0.1) is 18.3 Å². The van der Waals surface area contributed by atoms with Crippen LogP contribution in [0.15, 0.2) is 91.1 Å². The second kappa shape index (κ2) is 11.7. The van der Waals surface area contributed by atoms with Crippen molar-refractivity contribution in [1.29, 1.82) is 5.26 Å². The van der Waals surface area contributed by atoms with Gasteiger partial charge in [-0.1, -0.05) is 48.5 Å². The zero-order valence-corrected chi connectivity index (χ0v) is 21.6. The van der Waals surface area contributed by atoms with Crippen molar-refractivity contribution in [1.82, 2.24) is 9.88 Å². The molecule has 0 bridgehead atoms.